The van der Waals surface area contributed by atoms with Gasteiger partial charge in [-0.1, -0.05) is 20.3 Å². The zero-order valence-corrected chi connectivity index (χ0v) is 13.6. The maximum atomic E-state index is 13.6. The van der Waals surface area contributed by atoms with Crippen molar-refractivity contribution in [2.75, 3.05) is 7.11 Å². The summed E-state index contributed by atoms with van der Waals surface area (Å²) in [5.74, 6) is -1.91. The fourth-order valence-electron chi connectivity index (χ4n) is 2.18. The van der Waals surface area contributed by atoms with Gasteiger partial charge in [0, 0.05) is 0 Å². The third kappa shape index (κ3) is 3.73. The molecule has 1 aromatic heterocycles. The molecule has 0 unspecified atom stereocenters. The first-order valence-corrected chi connectivity index (χ1v) is 7.39. The van der Waals surface area contributed by atoms with Gasteiger partial charge in [-0.3, -0.25) is 4.79 Å². The van der Waals surface area contributed by atoms with Gasteiger partial charge in [-0.15, -0.1) is 5.10 Å². The number of halogens is 1. The van der Waals surface area contributed by atoms with Crippen LogP contribution in [-0.2, 0) is 9.53 Å². The average Bonchev–Trinajstić information content (AvgIpc) is 3.12. The van der Waals surface area contributed by atoms with Gasteiger partial charge in [-0.05, 0) is 34.5 Å². The Hall–Kier alpha value is -2.84. The van der Waals surface area contributed by atoms with Crippen LogP contribution in [0.4, 0.5) is 4.39 Å². The van der Waals surface area contributed by atoms with Gasteiger partial charge in [-0.25, -0.2) is 9.18 Å². The Bertz CT molecular complexity index is 720. The Labute approximate surface area is 138 Å². The van der Waals surface area contributed by atoms with Crippen LogP contribution in [0, 0.1) is 11.7 Å². The van der Waals surface area contributed by atoms with Crippen molar-refractivity contribution in [2.24, 2.45) is 5.92 Å². The van der Waals surface area contributed by atoms with Gasteiger partial charge in [0.25, 0.3) is 5.91 Å². The average molecular weight is 335 g/mol. The number of aromatic nitrogens is 4. The van der Waals surface area contributed by atoms with Gasteiger partial charge in [0.05, 0.1) is 18.4 Å². The number of amides is 1. The molecule has 2 rings (SSSR count). The molecule has 2 aromatic rings. The highest BCUT2D eigenvalue weighted by Crippen LogP contribution is 2.17. The largest absolute Gasteiger partial charge is 0.467 e. The van der Waals surface area contributed by atoms with Gasteiger partial charge in [0.2, 0.25) is 0 Å². The molecular formula is C15H18FN5O3. The summed E-state index contributed by atoms with van der Waals surface area (Å²) in [5.41, 5.74) is 0.311. The van der Waals surface area contributed by atoms with Crippen molar-refractivity contribution in [3.63, 3.8) is 0 Å². The minimum absolute atomic E-state index is 0.0134. The normalized spacial score (nSPS) is 13.2. The second-order valence-corrected chi connectivity index (χ2v) is 5.28. The van der Waals surface area contributed by atoms with E-state index < -0.39 is 23.7 Å². The predicted molar refractivity (Wildman–Crippen MR) is 81.8 cm³/mol. The second-order valence-electron chi connectivity index (χ2n) is 5.28. The highest BCUT2D eigenvalue weighted by Gasteiger charge is 2.28. The van der Waals surface area contributed by atoms with Crippen LogP contribution in [0.3, 0.4) is 0 Å². The fraction of sp³-hybridized carbons (Fsp3) is 0.400. The molecule has 0 radical (unpaired) electrons. The lowest BCUT2D eigenvalue weighted by atomic mass is 9.98. The van der Waals surface area contributed by atoms with Crippen LogP contribution in [-0.4, -0.2) is 45.2 Å². The quantitative estimate of drug-likeness (QED) is 0.794. The molecule has 9 heteroatoms. The van der Waals surface area contributed by atoms with Gasteiger partial charge in [-0.2, -0.15) is 4.68 Å². The van der Waals surface area contributed by atoms with Crippen LogP contribution >= 0.6 is 0 Å². The Kier molecular flexibility index (Phi) is 5.56. The summed E-state index contributed by atoms with van der Waals surface area (Å²) < 4.78 is 19.6. The van der Waals surface area contributed by atoms with Crippen LogP contribution in [0.25, 0.3) is 5.69 Å². The van der Waals surface area contributed by atoms with Crippen molar-refractivity contribution in [2.45, 2.75) is 26.3 Å². The molecular weight excluding hydrogens is 317 g/mol. The van der Waals surface area contributed by atoms with E-state index in [1.54, 1.807) is 0 Å². The van der Waals surface area contributed by atoms with Crippen molar-refractivity contribution in [3.05, 3.63) is 35.9 Å². The minimum Gasteiger partial charge on any atom is -0.467 e. The summed E-state index contributed by atoms with van der Waals surface area (Å²) in [5, 5.41) is 13.3. The summed E-state index contributed by atoms with van der Waals surface area (Å²) >= 11 is 0. The summed E-state index contributed by atoms with van der Waals surface area (Å²) in [7, 11) is 1.25. The van der Waals surface area contributed by atoms with Crippen LogP contribution in [0.15, 0.2) is 24.5 Å². The van der Waals surface area contributed by atoms with Crippen molar-refractivity contribution < 1.29 is 18.7 Å². The van der Waals surface area contributed by atoms with Crippen LogP contribution < -0.4 is 5.32 Å². The number of benzene rings is 1. The molecule has 1 N–H and O–H groups in total. The maximum Gasteiger partial charge on any atom is 0.328 e. The number of nitrogens with zero attached hydrogens (tertiary/aromatic N) is 4. The first kappa shape index (κ1) is 17.5. The Morgan fingerprint density at radius 2 is 2.17 bits per heavy atom. The van der Waals surface area contributed by atoms with E-state index in [2.05, 4.69) is 20.8 Å². The summed E-state index contributed by atoms with van der Waals surface area (Å²) in [4.78, 5) is 24.5. The number of carbonyl (C=O) groups is 2. The number of rotatable bonds is 6. The monoisotopic (exact) mass is 335 g/mol. The maximum absolute atomic E-state index is 13.6. The lowest BCUT2D eigenvalue weighted by molar-refractivity contribution is -0.144. The molecule has 1 amide bonds. The van der Waals surface area contributed by atoms with Crippen LogP contribution in [0.5, 0.6) is 0 Å². The molecule has 128 valence electrons. The van der Waals surface area contributed by atoms with Gasteiger partial charge in [0.15, 0.2) is 0 Å². The number of nitrogens with one attached hydrogen (secondary N) is 1. The number of carbonyl (C=O) groups excluding carboxylic acids is 2. The molecule has 0 fully saturated rings. The number of hydrogen-bond donors (Lipinski definition) is 1. The van der Waals surface area contributed by atoms with Crippen LogP contribution in [0.1, 0.15) is 30.6 Å². The molecule has 0 aliphatic carbocycles. The number of methoxy groups -OCH3 is 1. The number of esters is 1. The number of tetrazole rings is 1. The summed E-state index contributed by atoms with van der Waals surface area (Å²) in [6.45, 7) is 3.71. The van der Waals surface area contributed by atoms with Crippen molar-refractivity contribution in [3.8, 4) is 5.69 Å². The van der Waals surface area contributed by atoms with E-state index in [9.17, 15) is 14.0 Å². The first-order valence-electron chi connectivity index (χ1n) is 7.39. The Morgan fingerprint density at radius 1 is 1.42 bits per heavy atom. The van der Waals surface area contributed by atoms with E-state index in [1.807, 2.05) is 13.8 Å². The fourth-order valence-corrected chi connectivity index (χ4v) is 2.18. The Balaban J connectivity index is 2.35. The minimum atomic E-state index is -0.836. The predicted octanol–water partition coefficient (Wildman–Crippen LogP) is 1.12. The number of hydrogen-bond acceptors (Lipinski definition) is 6. The SMILES string of the molecule is CC[C@H](C)[C@@H](NC(=O)c1cc(F)ccc1-n1cnnn1)C(=O)OC. The van der Waals surface area contributed by atoms with Crippen molar-refractivity contribution in [1.29, 1.82) is 0 Å². The molecule has 0 aliphatic rings. The highest BCUT2D eigenvalue weighted by molar-refractivity contribution is 5.99. The Morgan fingerprint density at radius 3 is 2.75 bits per heavy atom. The topological polar surface area (TPSA) is 99.0 Å². The summed E-state index contributed by atoms with van der Waals surface area (Å²) in [6, 6.07) is 2.81. The molecule has 1 aromatic carbocycles. The number of ether oxygens (including phenoxy) is 1. The van der Waals surface area contributed by atoms with E-state index in [0.29, 0.717) is 12.1 Å². The van der Waals surface area contributed by atoms with Crippen molar-refractivity contribution in [1.82, 2.24) is 25.5 Å². The van der Waals surface area contributed by atoms with E-state index in [-0.39, 0.29) is 11.5 Å². The standard InChI is InChI=1S/C15H18FN5O3/c1-4-9(2)13(15(23)24-3)18-14(22)11-7-10(16)5-6-12(11)21-8-17-19-20-21/h5-9,13H,4H2,1-3H3,(H,18,22)/t9-,13+/m0/s1. The molecule has 2 atom stereocenters. The van der Waals surface area contributed by atoms with E-state index in [4.69, 9.17) is 4.74 Å². The zero-order valence-electron chi connectivity index (χ0n) is 13.6. The van der Waals surface area contributed by atoms with E-state index >= 15 is 0 Å². The molecule has 0 aliphatic heterocycles. The first-order chi connectivity index (χ1) is 11.5. The van der Waals surface area contributed by atoms with E-state index in [0.717, 1.165) is 6.07 Å². The lowest BCUT2D eigenvalue weighted by Crippen LogP contribution is -2.45. The van der Waals surface area contributed by atoms with Gasteiger partial charge in [0.1, 0.15) is 18.2 Å². The zero-order chi connectivity index (χ0) is 17.7. The van der Waals surface area contributed by atoms with Gasteiger partial charge >= 0.3 is 5.97 Å². The highest BCUT2D eigenvalue weighted by atomic mass is 19.1. The molecule has 0 spiro atoms. The molecule has 0 saturated carbocycles. The van der Waals surface area contributed by atoms with E-state index in [1.165, 1.54) is 30.3 Å². The lowest BCUT2D eigenvalue weighted by Gasteiger charge is -2.22. The smallest absolute Gasteiger partial charge is 0.328 e. The molecule has 0 saturated heterocycles. The second kappa shape index (κ2) is 7.62. The van der Waals surface area contributed by atoms with Crippen molar-refractivity contribution >= 4 is 11.9 Å². The summed E-state index contributed by atoms with van der Waals surface area (Å²) in [6.07, 6.45) is 1.94. The molecule has 8 nitrogen and oxygen atoms in total. The third-order valence-electron chi connectivity index (χ3n) is 3.75. The molecule has 24 heavy (non-hydrogen) atoms. The van der Waals surface area contributed by atoms with Crippen LogP contribution in [0.2, 0.25) is 0 Å². The van der Waals surface area contributed by atoms with Gasteiger partial charge < -0.3 is 10.1 Å². The third-order valence-corrected chi connectivity index (χ3v) is 3.75. The molecule has 0 bridgehead atoms. The molecule has 1 heterocycles.